The molecule has 0 spiro atoms. The maximum Gasteiger partial charge on any atom is 0.180 e. The third-order valence-electron chi connectivity index (χ3n) is 3.52. The van der Waals surface area contributed by atoms with Gasteiger partial charge in [0.15, 0.2) is 16.6 Å². The number of thiazole rings is 1. The first-order valence-electron chi connectivity index (χ1n) is 7.55. The molecule has 1 atom stereocenters. The van der Waals surface area contributed by atoms with E-state index in [0.717, 1.165) is 37.6 Å². The van der Waals surface area contributed by atoms with Gasteiger partial charge < -0.3 is 15.2 Å². The number of nitrogens with zero attached hydrogens (tertiary/aromatic N) is 2. The molecule has 1 aliphatic rings. The van der Waals surface area contributed by atoms with Crippen molar-refractivity contribution in [3.63, 3.8) is 0 Å². The van der Waals surface area contributed by atoms with Crippen LogP contribution in [-0.2, 0) is 6.54 Å². The van der Waals surface area contributed by atoms with Gasteiger partial charge in [-0.05, 0) is 25.1 Å². The van der Waals surface area contributed by atoms with Crippen LogP contribution in [0.1, 0.15) is 18.2 Å². The van der Waals surface area contributed by atoms with E-state index in [1.807, 2.05) is 30.5 Å². The van der Waals surface area contributed by atoms with E-state index >= 15 is 0 Å². The largest absolute Gasteiger partial charge is 0.486 e. The fourth-order valence-corrected chi connectivity index (χ4v) is 3.33. The number of para-hydroxylation sites is 2. The van der Waals surface area contributed by atoms with E-state index in [9.17, 15) is 0 Å². The molecule has 1 unspecified atom stereocenters. The minimum atomic E-state index is 0.0479. The van der Waals surface area contributed by atoms with Crippen LogP contribution in [0, 0.1) is 0 Å². The van der Waals surface area contributed by atoms with Crippen LogP contribution in [0.3, 0.4) is 0 Å². The Labute approximate surface area is 134 Å². The van der Waals surface area contributed by atoms with Crippen molar-refractivity contribution in [3.05, 3.63) is 35.3 Å². The molecule has 0 bridgehead atoms. The lowest BCUT2D eigenvalue weighted by atomic mass is 10.2. The van der Waals surface area contributed by atoms with Gasteiger partial charge in [0.05, 0.1) is 0 Å². The summed E-state index contributed by atoms with van der Waals surface area (Å²) >= 11 is 1.55. The minimum absolute atomic E-state index is 0.0479. The summed E-state index contributed by atoms with van der Waals surface area (Å²) in [4.78, 5) is 7.67. The van der Waals surface area contributed by atoms with E-state index in [-0.39, 0.29) is 6.10 Å². The van der Waals surface area contributed by atoms with Crippen LogP contribution in [0.15, 0.2) is 30.5 Å². The standard InChI is InChI=1S/C16H21N3O2S/c1-2-7-19(10-13-8-18-16(17)22-13)9-12-11-20-14-5-3-4-6-15(14)21-12/h3-6,8,12H,2,7,9-11H2,1H3,(H2,17,18). The molecule has 118 valence electrons. The number of benzene rings is 1. The number of rotatable bonds is 6. The van der Waals surface area contributed by atoms with Gasteiger partial charge in [-0.1, -0.05) is 19.1 Å². The normalized spacial score (nSPS) is 16.9. The number of ether oxygens (including phenoxy) is 2. The van der Waals surface area contributed by atoms with E-state index in [4.69, 9.17) is 15.2 Å². The van der Waals surface area contributed by atoms with Gasteiger partial charge in [0.2, 0.25) is 0 Å². The molecule has 0 saturated carbocycles. The Morgan fingerprint density at radius 2 is 2.18 bits per heavy atom. The van der Waals surface area contributed by atoms with E-state index < -0.39 is 0 Å². The van der Waals surface area contributed by atoms with Gasteiger partial charge in [-0.2, -0.15) is 0 Å². The Balaban J connectivity index is 1.62. The Morgan fingerprint density at radius 3 is 2.91 bits per heavy atom. The molecule has 0 saturated heterocycles. The molecule has 1 aromatic heterocycles. The number of nitrogens with two attached hydrogens (primary N) is 1. The number of hydrogen-bond donors (Lipinski definition) is 1. The number of fused-ring (bicyclic) bond motifs is 1. The Kier molecular flexibility index (Phi) is 4.80. The van der Waals surface area contributed by atoms with Gasteiger partial charge in [-0.25, -0.2) is 4.98 Å². The Bertz CT molecular complexity index is 617. The summed E-state index contributed by atoms with van der Waals surface area (Å²) in [6, 6.07) is 7.82. The van der Waals surface area contributed by atoms with Crippen molar-refractivity contribution in [2.24, 2.45) is 0 Å². The van der Waals surface area contributed by atoms with Crippen molar-refractivity contribution in [2.45, 2.75) is 26.0 Å². The Morgan fingerprint density at radius 1 is 1.36 bits per heavy atom. The van der Waals surface area contributed by atoms with Crippen molar-refractivity contribution in [1.82, 2.24) is 9.88 Å². The molecule has 22 heavy (non-hydrogen) atoms. The predicted octanol–water partition coefficient (Wildman–Crippen LogP) is 2.78. The summed E-state index contributed by atoms with van der Waals surface area (Å²) in [6.45, 7) is 5.47. The van der Waals surface area contributed by atoms with E-state index in [1.165, 1.54) is 4.88 Å². The second-order valence-corrected chi connectivity index (χ2v) is 6.54. The molecular formula is C16H21N3O2S. The monoisotopic (exact) mass is 319 g/mol. The fourth-order valence-electron chi connectivity index (χ4n) is 2.61. The zero-order valence-corrected chi connectivity index (χ0v) is 13.5. The first-order valence-corrected chi connectivity index (χ1v) is 8.37. The van der Waals surface area contributed by atoms with Gasteiger partial charge in [0.1, 0.15) is 12.7 Å². The van der Waals surface area contributed by atoms with E-state index in [2.05, 4.69) is 16.8 Å². The topological polar surface area (TPSA) is 60.6 Å². The molecule has 1 aliphatic heterocycles. The number of aromatic nitrogens is 1. The van der Waals surface area contributed by atoms with Gasteiger partial charge in [0.25, 0.3) is 0 Å². The summed E-state index contributed by atoms with van der Waals surface area (Å²) in [5, 5.41) is 0.623. The van der Waals surface area contributed by atoms with Crippen LogP contribution in [-0.4, -0.2) is 35.7 Å². The number of nitrogen functional groups attached to an aromatic ring is 1. The third-order valence-corrected chi connectivity index (χ3v) is 4.33. The average molecular weight is 319 g/mol. The summed E-state index contributed by atoms with van der Waals surface area (Å²) in [6.07, 6.45) is 3.00. The van der Waals surface area contributed by atoms with Crippen LogP contribution < -0.4 is 15.2 Å². The summed E-state index contributed by atoms with van der Waals surface area (Å²) in [5.41, 5.74) is 5.71. The van der Waals surface area contributed by atoms with Crippen LogP contribution in [0.4, 0.5) is 5.13 Å². The lowest BCUT2D eigenvalue weighted by molar-refractivity contribution is 0.0567. The van der Waals surface area contributed by atoms with Gasteiger partial charge in [-0.15, -0.1) is 11.3 Å². The summed E-state index contributed by atoms with van der Waals surface area (Å²) in [5.74, 6) is 1.66. The van der Waals surface area contributed by atoms with Crippen molar-refractivity contribution < 1.29 is 9.47 Å². The number of hydrogen-bond acceptors (Lipinski definition) is 6. The molecule has 2 N–H and O–H groups in total. The molecule has 0 radical (unpaired) electrons. The highest BCUT2D eigenvalue weighted by Crippen LogP contribution is 2.31. The Hall–Kier alpha value is -1.79. The molecule has 5 nitrogen and oxygen atoms in total. The second-order valence-electron chi connectivity index (χ2n) is 5.40. The smallest absolute Gasteiger partial charge is 0.180 e. The molecule has 0 amide bonds. The molecule has 3 rings (SSSR count). The van der Waals surface area contributed by atoms with Crippen LogP contribution in [0.5, 0.6) is 11.5 Å². The molecule has 6 heteroatoms. The highest BCUT2D eigenvalue weighted by atomic mass is 32.1. The van der Waals surface area contributed by atoms with Crippen LogP contribution in [0.2, 0.25) is 0 Å². The lowest BCUT2D eigenvalue weighted by Gasteiger charge is -2.31. The quantitative estimate of drug-likeness (QED) is 0.887. The van der Waals surface area contributed by atoms with Gasteiger partial charge in [-0.3, -0.25) is 4.90 Å². The van der Waals surface area contributed by atoms with E-state index in [0.29, 0.717) is 11.7 Å². The van der Waals surface area contributed by atoms with Crippen molar-refractivity contribution in [2.75, 3.05) is 25.4 Å². The minimum Gasteiger partial charge on any atom is -0.486 e. The zero-order chi connectivity index (χ0) is 15.4. The third kappa shape index (κ3) is 3.69. The summed E-state index contributed by atoms with van der Waals surface area (Å²) in [7, 11) is 0. The molecule has 0 aliphatic carbocycles. The van der Waals surface area contributed by atoms with Gasteiger partial charge >= 0.3 is 0 Å². The highest BCUT2D eigenvalue weighted by molar-refractivity contribution is 7.15. The van der Waals surface area contributed by atoms with Crippen LogP contribution in [0.25, 0.3) is 0 Å². The maximum atomic E-state index is 6.05. The fraction of sp³-hybridized carbons (Fsp3) is 0.438. The van der Waals surface area contributed by atoms with Crippen molar-refractivity contribution in [3.8, 4) is 11.5 Å². The first-order chi connectivity index (χ1) is 10.7. The first kappa shape index (κ1) is 15.1. The predicted molar refractivity (Wildman–Crippen MR) is 88.4 cm³/mol. The molecule has 1 aromatic carbocycles. The van der Waals surface area contributed by atoms with Crippen molar-refractivity contribution in [1.29, 1.82) is 0 Å². The van der Waals surface area contributed by atoms with Gasteiger partial charge in [0, 0.05) is 24.2 Å². The lowest BCUT2D eigenvalue weighted by Crippen LogP contribution is -2.41. The van der Waals surface area contributed by atoms with Crippen LogP contribution >= 0.6 is 11.3 Å². The summed E-state index contributed by atoms with van der Waals surface area (Å²) < 4.78 is 11.8. The van der Waals surface area contributed by atoms with Crippen molar-refractivity contribution >= 4 is 16.5 Å². The second kappa shape index (κ2) is 6.98. The molecule has 2 heterocycles. The average Bonchev–Trinajstić information content (AvgIpc) is 2.92. The maximum absolute atomic E-state index is 6.05. The molecule has 2 aromatic rings. The molecule has 0 fully saturated rings. The SMILES string of the molecule is CCCN(Cc1cnc(N)s1)CC1COc2ccccc2O1. The highest BCUT2D eigenvalue weighted by Gasteiger charge is 2.23. The molecular weight excluding hydrogens is 298 g/mol. The van der Waals surface area contributed by atoms with E-state index in [1.54, 1.807) is 11.3 Å². The zero-order valence-electron chi connectivity index (χ0n) is 12.7. The number of anilines is 1.